The summed E-state index contributed by atoms with van der Waals surface area (Å²) in [7, 11) is 0. The highest BCUT2D eigenvalue weighted by molar-refractivity contribution is 7.09. The average molecular weight is 435 g/mol. The Morgan fingerprint density at radius 2 is 2.06 bits per heavy atom. The Hall–Kier alpha value is -3.19. The molecule has 4 rings (SSSR count). The van der Waals surface area contributed by atoms with Crippen LogP contribution in [0.1, 0.15) is 34.5 Å². The number of benzene rings is 1. The SMILES string of the molecule is O=C(CCCc1cccs1)Nc1cccc(C(=O)NC2CCN(c3ccccn3)C2)c1. The monoisotopic (exact) mass is 434 g/mol. The number of carbonyl (C=O) groups excluding carboxylic acids is 2. The molecule has 7 heteroatoms. The van der Waals surface area contributed by atoms with Gasteiger partial charge in [0.1, 0.15) is 5.82 Å². The van der Waals surface area contributed by atoms with Crippen molar-refractivity contribution < 1.29 is 9.59 Å². The van der Waals surface area contributed by atoms with Crippen LogP contribution in [0, 0.1) is 0 Å². The maximum atomic E-state index is 12.7. The Kier molecular flexibility index (Phi) is 6.94. The van der Waals surface area contributed by atoms with E-state index in [0.29, 0.717) is 17.7 Å². The zero-order chi connectivity index (χ0) is 21.5. The van der Waals surface area contributed by atoms with E-state index in [1.165, 1.54) is 4.88 Å². The molecule has 31 heavy (non-hydrogen) atoms. The molecule has 1 aliphatic heterocycles. The number of amides is 2. The number of rotatable bonds is 8. The number of hydrogen-bond donors (Lipinski definition) is 2. The fourth-order valence-corrected chi connectivity index (χ4v) is 4.49. The smallest absolute Gasteiger partial charge is 0.251 e. The lowest BCUT2D eigenvalue weighted by Gasteiger charge is -2.18. The zero-order valence-electron chi connectivity index (χ0n) is 17.3. The number of nitrogens with one attached hydrogen (secondary N) is 2. The minimum Gasteiger partial charge on any atom is -0.354 e. The summed E-state index contributed by atoms with van der Waals surface area (Å²) in [6.07, 6.45) is 4.83. The standard InChI is InChI=1S/C24H26N4O2S/c29-23(11-4-8-21-9-5-15-31-21)26-19-7-3-6-18(16-19)24(30)27-20-12-14-28(17-20)22-10-1-2-13-25-22/h1-3,5-7,9-10,13,15-16,20H,4,8,11-12,14,17H2,(H,26,29)(H,27,30). The van der Waals surface area contributed by atoms with E-state index in [9.17, 15) is 9.59 Å². The van der Waals surface area contributed by atoms with E-state index in [4.69, 9.17) is 0 Å². The number of nitrogens with zero attached hydrogens (tertiary/aromatic N) is 2. The van der Waals surface area contributed by atoms with Gasteiger partial charge in [0.15, 0.2) is 0 Å². The molecule has 1 fully saturated rings. The molecular weight excluding hydrogens is 408 g/mol. The second-order valence-electron chi connectivity index (χ2n) is 7.65. The third-order valence-electron chi connectivity index (χ3n) is 5.31. The maximum Gasteiger partial charge on any atom is 0.251 e. The first-order valence-electron chi connectivity index (χ1n) is 10.6. The van der Waals surface area contributed by atoms with Crippen molar-refractivity contribution in [3.8, 4) is 0 Å². The van der Waals surface area contributed by atoms with Gasteiger partial charge in [-0.1, -0.05) is 18.2 Å². The Balaban J connectivity index is 1.26. The van der Waals surface area contributed by atoms with Crippen LogP contribution in [0.2, 0.25) is 0 Å². The zero-order valence-corrected chi connectivity index (χ0v) is 18.1. The van der Waals surface area contributed by atoms with E-state index >= 15 is 0 Å². The number of hydrogen-bond acceptors (Lipinski definition) is 5. The molecule has 2 N–H and O–H groups in total. The lowest BCUT2D eigenvalue weighted by molar-refractivity contribution is -0.116. The van der Waals surface area contributed by atoms with E-state index < -0.39 is 0 Å². The fourth-order valence-electron chi connectivity index (χ4n) is 3.74. The summed E-state index contributed by atoms with van der Waals surface area (Å²) in [5.41, 5.74) is 1.20. The first kappa shape index (κ1) is 21.1. The van der Waals surface area contributed by atoms with Gasteiger partial charge in [0.05, 0.1) is 0 Å². The molecule has 3 heterocycles. The predicted molar refractivity (Wildman–Crippen MR) is 125 cm³/mol. The van der Waals surface area contributed by atoms with Crippen molar-refractivity contribution in [2.75, 3.05) is 23.3 Å². The second kappa shape index (κ2) is 10.2. The molecule has 6 nitrogen and oxygen atoms in total. The number of anilines is 2. The fraction of sp³-hybridized carbons (Fsp3) is 0.292. The van der Waals surface area contributed by atoms with Crippen LogP contribution < -0.4 is 15.5 Å². The first-order chi connectivity index (χ1) is 15.2. The molecule has 3 aromatic rings. The van der Waals surface area contributed by atoms with Gasteiger partial charge >= 0.3 is 0 Å². The number of aromatic nitrogens is 1. The second-order valence-corrected chi connectivity index (χ2v) is 8.69. The highest BCUT2D eigenvalue weighted by Gasteiger charge is 2.25. The first-order valence-corrected chi connectivity index (χ1v) is 11.4. The molecule has 1 aromatic carbocycles. The molecule has 2 aromatic heterocycles. The summed E-state index contributed by atoms with van der Waals surface area (Å²) >= 11 is 1.71. The van der Waals surface area contributed by atoms with Crippen LogP contribution in [0.15, 0.2) is 66.2 Å². The van der Waals surface area contributed by atoms with E-state index in [2.05, 4.69) is 26.6 Å². The van der Waals surface area contributed by atoms with Crippen LogP contribution in [0.3, 0.4) is 0 Å². The quantitative estimate of drug-likeness (QED) is 0.559. The van der Waals surface area contributed by atoms with Crippen molar-refractivity contribution in [3.63, 3.8) is 0 Å². The Morgan fingerprint density at radius 1 is 1.13 bits per heavy atom. The molecule has 1 atom stereocenters. The molecule has 0 radical (unpaired) electrons. The van der Waals surface area contributed by atoms with Gasteiger partial charge < -0.3 is 15.5 Å². The third kappa shape index (κ3) is 5.92. The van der Waals surface area contributed by atoms with Crippen molar-refractivity contribution in [3.05, 3.63) is 76.6 Å². The summed E-state index contributed by atoms with van der Waals surface area (Å²) in [5, 5.41) is 8.06. The highest BCUT2D eigenvalue weighted by atomic mass is 32.1. The molecule has 1 unspecified atom stereocenters. The van der Waals surface area contributed by atoms with Gasteiger partial charge in [-0.2, -0.15) is 0 Å². The number of thiophene rings is 1. The summed E-state index contributed by atoms with van der Waals surface area (Å²) in [5.74, 6) is 0.778. The molecule has 160 valence electrons. The summed E-state index contributed by atoms with van der Waals surface area (Å²) in [6, 6.07) is 17.2. The van der Waals surface area contributed by atoms with Gasteiger partial charge in [-0.25, -0.2) is 4.98 Å². The van der Waals surface area contributed by atoms with Crippen LogP contribution in [0.4, 0.5) is 11.5 Å². The lowest BCUT2D eigenvalue weighted by Crippen LogP contribution is -2.37. The van der Waals surface area contributed by atoms with Crippen LogP contribution in [0.5, 0.6) is 0 Å². The van der Waals surface area contributed by atoms with E-state index in [1.807, 2.05) is 35.7 Å². The molecule has 0 aliphatic carbocycles. The number of carbonyl (C=O) groups is 2. The predicted octanol–water partition coefficient (Wildman–Crippen LogP) is 4.11. The van der Waals surface area contributed by atoms with Crippen LogP contribution >= 0.6 is 11.3 Å². The van der Waals surface area contributed by atoms with E-state index in [-0.39, 0.29) is 17.9 Å². The largest absolute Gasteiger partial charge is 0.354 e. The van der Waals surface area contributed by atoms with E-state index in [0.717, 1.165) is 38.2 Å². The van der Waals surface area contributed by atoms with Crippen LogP contribution in [-0.4, -0.2) is 35.9 Å². The lowest BCUT2D eigenvalue weighted by atomic mass is 10.1. The van der Waals surface area contributed by atoms with Crippen molar-refractivity contribution in [2.24, 2.45) is 0 Å². The van der Waals surface area contributed by atoms with Gasteiger partial charge in [-0.15, -0.1) is 11.3 Å². The Bertz CT molecular complexity index is 1010. The van der Waals surface area contributed by atoms with E-state index in [1.54, 1.807) is 35.7 Å². The normalized spacial score (nSPS) is 15.6. The Labute approximate surface area is 186 Å². The van der Waals surface area contributed by atoms with Crippen LogP contribution in [-0.2, 0) is 11.2 Å². The summed E-state index contributed by atoms with van der Waals surface area (Å²) in [4.78, 5) is 32.8. The maximum absolute atomic E-state index is 12.7. The molecule has 0 spiro atoms. The van der Waals surface area contributed by atoms with Gasteiger partial charge in [-0.05, 0) is 61.0 Å². The van der Waals surface area contributed by atoms with Gasteiger partial charge in [0.2, 0.25) is 5.91 Å². The third-order valence-corrected chi connectivity index (χ3v) is 6.25. The molecule has 0 bridgehead atoms. The molecule has 0 saturated carbocycles. The molecule has 1 aliphatic rings. The minimum absolute atomic E-state index is 0.0316. The Morgan fingerprint density at radius 3 is 2.87 bits per heavy atom. The minimum atomic E-state index is -0.123. The number of aryl methyl sites for hydroxylation is 1. The highest BCUT2D eigenvalue weighted by Crippen LogP contribution is 2.18. The average Bonchev–Trinajstić information content (AvgIpc) is 3.47. The summed E-state index contributed by atoms with van der Waals surface area (Å²) < 4.78 is 0. The van der Waals surface area contributed by atoms with Crippen molar-refractivity contribution >= 4 is 34.7 Å². The molecular formula is C24H26N4O2S. The molecule has 1 saturated heterocycles. The van der Waals surface area contributed by atoms with Gasteiger partial charge in [0.25, 0.3) is 5.91 Å². The van der Waals surface area contributed by atoms with Crippen molar-refractivity contribution in [2.45, 2.75) is 31.7 Å². The van der Waals surface area contributed by atoms with Crippen molar-refractivity contribution in [1.82, 2.24) is 10.3 Å². The van der Waals surface area contributed by atoms with Crippen molar-refractivity contribution in [1.29, 1.82) is 0 Å². The molecule has 2 amide bonds. The number of pyridine rings is 1. The van der Waals surface area contributed by atoms with Gasteiger partial charge in [-0.3, -0.25) is 9.59 Å². The van der Waals surface area contributed by atoms with Gasteiger partial charge in [0, 0.05) is 47.9 Å². The summed E-state index contributed by atoms with van der Waals surface area (Å²) in [6.45, 7) is 1.60. The van der Waals surface area contributed by atoms with Crippen LogP contribution in [0.25, 0.3) is 0 Å². The topological polar surface area (TPSA) is 74.3 Å².